The summed E-state index contributed by atoms with van der Waals surface area (Å²) in [6.45, 7) is 2.20. The van der Waals surface area contributed by atoms with Crippen LogP contribution < -0.4 is 5.01 Å². The topological polar surface area (TPSA) is 35.8 Å². The van der Waals surface area contributed by atoms with Crippen molar-refractivity contribution >= 4 is 11.4 Å². The highest BCUT2D eigenvalue weighted by Crippen LogP contribution is 2.48. The quantitative estimate of drug-likeness (QED) is 0.840. The van der Waals surface area contributed by atoms with Gasteiger partial charge in [-0.25, -0.2) is 0 Å². The van der Waals surface area contributed by atoms with E-state index in [0.717, 1.165) is 17.5 Å². The van der Waals surface area contributed by atoms with Crippen LogP contribution in [0.5, 0.6) is 5.75 Å². The van der Waals surface area contributed by atoms with E-state index in [1.165, 1.54) is 44.2 Å². The van der Waals surface area contributed by atoms with Gasteiger partial charge in [-0.05, 0) is 62.3 Å². The van der Waals surface area contributed by atoms with Gasteiger partial charge in [-0.2, -0.15) is 5.10 Å². The van der Waals surface area contributed by atoms with Gasteiger partial charge in [0.15, 0.2) is 0 Å². The minimum absolute atomic E-state index is 0.328. The first-order valence-corrected chi connectivity index (χ1v) is 8.37. The van der Waals surface area contributed by atoms with Crippen LogP contribution in [-0.4, -0.2) is 16.9 Å². The first kappa shape index (κ1) is 13.2. The minimum atomic E-state index is 0.328. The molecule has 0 amide bonds. The Hall–Kier alpha value is -1.51. The number of phenols is 1. The third-order valence-electron chi connectivity index (χ3n) is 5.87. The summed E-state index contributed by atoms with van der Waals surface area (Å²) in [5.41, 5.74) is 2.43. The van der Waals surface area contributed by atoms with Crippen LogP contribution in [0.3, 0.4) is 0 Å². The summed E-state index contributed by atoms with van der Waals surface area (Å²) < 4.78 is 0. The van der Waals surface area contributed by atoms with Crippen LogP contribution in [0, 0.1) is 17.8 Å². The second kappa shape index (κ2) is 5.04. The van der Waals surface area contributed by atoms with E-state index in [-0.39, 0.29) is 0 Å². The van der Waals surface area contributed by atoms with Gasteiger partial charge in [0.1, 0.15) is 5.75 Å². The van der Waals surface area contributed by atoms with E-state index in [4.69, 9.17) is 5.10 Å². The fourth-order valence-corrected chi connectivity index (χ4v) is 4.86. The third-order valence-corrected chi connectivity index (χ3v) is 5.87. The molecule has 21 heavy (non-hydrogen) atoms. The molecular formula is C18H24N2O. The highest BCUT2D eigenvalue weighted by Gasteiger charge is 2.47. The number of aromatic hydroxyl groups is 1. The van der Waals surface area contributed by atoms with Crippen LogP contribution >= 0.6 is 0 Å². The van der Waals surface area contributed by atoms with Gasteiger partial charge in [0.2, 0.25) is 0 Å². The lowest BCUT2D eigenvalue weighted by Gasteiger charge is -2.45. The monoisotopic (exact) mass is 284 g/mol. The molecular weight excluding hydrogens is 260 g/mol. The molecule has 3 aliphatic rings. The molecule has 2 saturated carbocycles. The van der Waals surface area contributed by atoms with E-state index in [9.17, 15) is 5.11 Å². The molecule has 3 unspecified atom stereocenters. The van der Waals surface area contributed by atoms with Crippen molar-refractivity contribution in [3.63, 3.8) is 0 Å². The molecule has 0 bridgehead atoms. The molecule has 1 aliphatic heterocycles. The lowest BCUT2D eigenvalue weighted by molar-refractivity contribution is 0.128. The average molecular weight is 284 g/mol. The minimum Gasteiger partial charge on any atom is -0.508 e. The van der Waals surface area contributed by atoms with Crippen LogP contribution in [0.2, 0.25) is 0 Å². The lowest BCUT2D eigenvalue weighted by atomic mass is 9.64. The van der Waals surface area contributed by atoms with Gasteiger partial charge < -0.3 is 5.11 Å². The standard InChI is InChI=1S/C18H24N2O/c1-12-16-11-6-13-4-2-3-5-17(13)18(16)20(19-12)14-7-9-15(21)10-8-14/h7-10,13,16-18,21H,2-6,11H2,1H3/t13-,16?,17?,18?/m0/s1. The molecule has 0 saturated heterocycles. The first-order valence-electron chi connectivity index (χ1n) is 8.37. The van der Waals surface area contributed by atoms with E-state index in [1.807, 2.05) is 12.1 Å². The predicted molar refractivity (Wildman–Crippen MR) is 85.7 cm³/mol. The van der Waals surface area contributed by atoms with Crippen molar-refractivity contribution in [1.82, 2.24) is 0 Å². The van der Waals surface area contributed by atoms with Gasteiger partial charge >= 0.3 is 0 Å². The van der Waals surface area contributed by atoms with Crippen molar-refractivity contribution in [2.75, 3.05) is 5.01 Å². The number of hydrogen-bond donors (Lipinski definition) is 1. The Morgan fingerprint density at radius 1 is 1.05 bits per heavy atom. The zero-order chi connectivity index (χ0) is 14.4. The fourth-order valence-electron chi connectivity index (χ4n) is 4.86. The molecule has 1 N–H and O–H groups in total. The van der Waals surface area contributed by atoms with Gasteiger partial charge in [-0.15, -0.1) is 0 Å². The molecule has 2 aliphatic carbocycles. The summed E-state index contributed by atoms with van der Waals surface area (Å²) in [5, 5.41) is 16.7. The predicted octanol–water partition coefficient (Wildman–Crippen LogP) is 4.17. The Morgan fingerprint density at radius 2 is 1.81 bits per heavy atom. The highest BCUT2D eigenvalue weighted by atomic mass is 16.3. The number of nitrogens with zero attached hydrogens (tertiary/aromatic N) is 2. The molecule has 1 heterocycles. The van der Waals surface area contributed by atoms with Crippen molar-refractivity contribution in [3.8, 4) is 5.75 Å². The molecule has 4 atom stereocenters. The van der Waals surface area contributed by atoms with Crippen LogP contribution in [0.1, 0.15) is 45.4 Å². The Labute approximate surface area is 126 Å². The molecule has 0 aromatic heterocycles. The van der Waals surface area contributed by atoms with Crippen molar-refractivity contribution in [3.05, 3.63) is 24.3 Å². The van der Waals surface area contributed by atoms with Crippen LogP contribution in [-0.2, 0) is 0 Å². The Morgan fingerprint density at radius 3 is 2.62 bits per heavy atom. The molecule has 3 nitrogen and oxygen atoms in total. The molecule has 3 heteroatoms. The molecule has 112 valence electrons. The molecule has 0 spiro atoms. The van der Waals surface area contributed by atoms with Gasteiger partial charge in [-0.3, -0.25) is 5.01 Å². The number of fused-ring (bicyclic) bond motifs is 3. The van der Waals surface area contributed by atoms with E-state index in [2.05, 4.69) is 11.9 Å². The molecule has 2 fully saturated rings. The highest BCUT2D eigenvalue weighted by molar-refractivity contribution is 5.89. The number of hydrogen-bond acceptors (Lipinski definition) is 3. The summed E-state index contributed by atoms with van der Waals surface area (Å²) >= 11 is 0. The maximum absolute atomic E-state index is 9.52. The van der Waals surface area contributed by atoms with E-state index < -0.39 is 0 Å². The van der Waals surface area contributed by atoms with Gasteiger partial charge in [0.05, 0.1) is 11.7 Å². The Balaban J connectivity index is 1.68. The third kappa shape index (κ3) is 2.14. The van der Waals surface area contributed by atoms with Crippen LogP contribution in [0.25, 0.3) is 0 Å². The number of phenolic OH excluding ortho intramolecular Hbond substituents is 1. The SMILES string of the molecule is CC1=NN(c2ccc(O)cc2)C2C1CC[C@@H]1CCCCC21. The average Bonchev–Trinajstić information content (AvgIpc) is 2.86. The second-order valence-corrected chi connectivity index (χ2v) is 6.99. The lowest BCUT2D eigenvalue weighted by Crippen LogP contribution is -2.47. The second-order valence-electron chi connectivity index (χ2n) is 6.99. The maximum atomic E-state index is 9.52. The smallest absolute Gasteiger partial charge is 0.115 e. The normalized spacial score (nSPS) is 35.1. The maximum Gasteiger partial charge on any atom is 0.115 e. The van der Waals surface area contributed by atoms with Crippen molar-refractivity contribution < 1.29 is 5.11 Å². The van der Waals surface area contributed by atoms with E-state index in [0.29, 0.717) is 17.7 Å². The number of hydrazone groups is 1. The molecule has 1 aromatic carbocycles. The van der Waals surface area contributed by atoms with Gasteiger partial charge in [0.25, 0.3) is 0 Å². The zero-order valence-corrected chi connectivity index (χ0v) is 12.7. The summed E-state index contributed by atoms with van der Waals surface area (Å²) in [7, 11) is 0. The van der Waals surface area contributed by atoms with Gasteiger partial charge in [-0.1, -0.05) is 19.3 Å². The Bertz CT molecular complexity index is 551. The molecule has 4 rings (SSSR count). The van der Waals surface area contributed by atoms with Crippen LogP contribution in [0.15, 0.2) is 29.4 Å². The van der Waals surface area contributed by atoms with Crippen molar-refractivity contribution in [2.45, 2.75) is 51.5 Å². The number of rotatable bonds is 1. The first-order chi connectivity index (χ1) is 10.2. The van der Waals surface area contributed by atoms with Gasteiger partial charge in [0, 0.05) is 11.6 Å². The van der Waals surface area contributed by atoms with Crippen LogP contribution in [0.4, 0.5) is 5.69 Å². The number of benzene rings is 1. The largest absolute Gasteiger partial charge is 0.508 e. The van der Waals surface area contributed by atoms with E-state index in [1.54, 1.807) is 12.1 Å². The molecule has 0 radical (unpaired) electrons. The molecule has 1 aromatic rings. The van der Waals surface area contributed by atoms with Crippen molar-refractivity contribution in [2.24, 2.45) is 22.9 Å². The van der Waals surface area contributed by atoms with Crippen molar-refractivity contribution in [1.29, 1.82) is 0 Å². The summed E-state index contributed by atoms with van der Waals surface area (Å²) in [5.74, 6) is 2.67. The summed E-state index contributed by atoms with van der Waals surface area (Å²) in [4.78, 5) is 0. The zero-order valence-electron chi connectivity index (χ0n) is 12.7. The Kier molecular flexibility index (Phi) is 3.16. The number of anilines is 1. The summed E-state index contributed by atoms with van der Waals surface area (Å²) in [6, 6.07) is 8.10. The fraction of sp³-hybridized carbons (Fsp3) is 0.611. The van der Waals surface area contributed by atoms with E-state index >= 15 is 0 Å². The summed E-state index contributed by atoms with van der Waals surface area (Å²) in [6.07, 6.45) is 8.27.